The molecular formula is C7H14ClNO2. The van der Waals surface area contributed by atoms with Gasteiger partial charge in [0.2, 0.25) is 0 Å². The van der Waals surface area contributed by atoms with Crippen LogP contribution in [-0.4, -0.2) is 16.6 Å². The van der Waals surface area contributed by atoms with Crippen LogP contribution in [0.25, 0.3) is 0 Å². The Morgan fingerprint density at radius 1 is 1.73 bits per heavy atom. The molecule has 0 aliphatic heterocycles. The van der Waals surface area contributed by atoms with Crippen molar-refractivity contribution in [3.05, 3.63) is 0 Å². The molecular weight excluding hydrogens is 166 g/mol. The molecule has 66 valence electrons. The van der Waals surface area contributed by atoms with E-state index in [1.165, 1.54) is 0 Å². The highest BCUT2D eigenvalue weighted by atomic mass is 35.5. The molecule has 0 heterocycles. The average Bonchev–Trinajstić information content (AvgIpc) is 2.67. The van der Waals surface area contributed by atoms with E-state index >= 15 is 0 Å². The fraction of sp³-hybridized carbons (Fsp3) is 0.857. The third-order valence-electron chi connectivity index (χ3n) is 2.29. The van der Waals surface area contributed by atoms with Crippen molar-refractivity contribution >= 4 is 18.4 Å². The summed E-state index contributed by atoms with van der Waals surface area (Å²) in [6, 6.07) is 0. The largest absolute Gasteiger partial charge is 0.480 e. The number of carboxylic acid groups (broad SMARTS) is 1. The first-order valence-corrected chi connectivity index (χ1v) is 3.63. The third kappa shape index (κ3) is 1.84. The summed E-state index contributed by atoms with van der Waals surface area (Å²) in [5.41, 5.74) is 4.72. The predicted molar refractivity (Wildman–Crippen MR) is 44.8 cm³/mol. The van der Waals surface area contributed by atoms with Crippen molar-refractivity contribution in [3.8, 4) is 0 Å². The van der Waals surface area contributed by atoms with Crippen LogP contribution in [0.1, 0.15) is 26.2 Å². The summed E-state index contributed by atoms with van der Waals surface area (Å²) in [6.45, 7) is 1.83. The van der Waals surface area contributed by atoms with Gasteiger partial charge in [-0.15, -0.1) is 12.4 Å². The second kappa shape index (κ2) is 3.41. The molecule has 0 spiro atoms. The highest BCUT2D eigenvalue weighted by Crippen LogP contribution is 2.39. The molecule has 1 aliphatic carbocycles. The minimum atomic E-state index is -0.931. The molecule has 1 fully saturated rings. The molecule has 3 N–H and O–H groups in total. The van der Waals surface area contributed by atoms with Crippen LogP contribution >= 0.6 is 12.4 Å². The first-order chi connectivity index (χ1) is 4.61. The topological polar surface area (TPSA) is 63.3 Å². The molecule has 1 aliphatic rings. The number of hydrogen-bond donors (Lipinski definition) is 2. The molecule has 0 radical (unpaired) electrons. The molecule has 0 bridgehead atoms. The molecule has 0 aromatic rings. The van der Waals surface area contributed by atoms with Crippen LogP contribution in [0.5, 0.6) is 0 Å². The lowest BCUT2D eigenvalue weighted by Gasteiger charge is -2.21. The Bertz CT molecular complexity index is 159. The molecule has 1 unspecified atom stereocenters. The number of hydrogen-bond acceptors (Lipinski definition) is 2. The van der Waals surface area contributed by atoms with E-state index < -0.39 is 11.5 Å². The van der Waals surface area contributed by atoms with E-state index in [4.69, 9.17) is 10.8 Å². The molecule has 3 nitrogen and oxygen atoms in total. The quantitative estimate of drug-likeness (QED) is 0.680. The zero-order valence-electron chi connectivity index (χ0n) is 6.54. The maximum absolute atomic E-state index is 10.6. The monoisotopic (exact) mass is 179 g/mol. The Morgan fingerprint density at radius 3 is 2.27 bits per heavy atom. The second-order valence-electron chi connectivity index (χ2n) is 2.97. The van der Waals surface area contributed by atoms with Crippen LogP contribution in [0.2, 0.25) is 0 Å². The van der Waals surface area contributed by atoms with Gasteiger partial charge in [-0.05, 0) is 25.2 Å². The van der Waals surface area contributed by atoms with Gasteiger partial charge in [0.15, 0.2) is 0 Å². The van der Waals surface area contributed by atoms with Crippen molar-refractivity contribution in [3.63, 3.8) is 0 Å². The van der Waals surface area contributed by atoms with Crippen LogP contribution < -0.4 is 5.73 Å². The zero-order valence-corrected chi connectivity index (χ0v) is 7.36. The number of aliphatic carboxylic acids is 1. The van der Waals surface area contributed by atoms with Gasteiger partial charge in [-0.1, -0.05) is 6.92 Å². The van der Waals surface area contributed by atoms with Crippen LogP contribution in [0, 0.1) is 5.92 Å². The Hall–Kier alpha value is -0.280. The second-order valence-corrected chi connectivity index (χ2v) is 2.97. The first-order valence-electron chi connectivity index (χ1n) is 3.63. The van der Waals surface area contributed by atoms with Gasteiger partial charge in [-0.25, -0.2) is 0 Å². The molecule has 1 atom stereocenters. The number of nitrogens with two attached hydrogens (primary N) is 1. The van der Waals surface area contributed by atoms with Crippen LogP contribution in [0.15, 0.2) is 0 Å². The van der Waals surface area contributed by atoms with Crippen LogP contribution in [-0.2, 0) is 4.79 Å². The molecule has 0 aromatic carbocycles. The van der Waals surface area contributed by atoms with Gasteiger partial charge >= 0.3 is 5.97 Å². The Kier molecular flexibility index (Phi) is 3.32. The third-order valence-corrected chi connectivity index (χ3v) is 2.29. The van der Waals surface area contributed by atoms with E-state index in [1.54, 1.807) is 0 Å². The molecule has 11 heavy (non-hydrogen) atoms. The van der Waals surface area contributed by atoms with Gasteiger partial charge in [-0.2, -0.15) is 0 Å². The van der Waals surface area contributed by atoms with Gasteiger partial charge in [0.05, 0.1) is 0 Å². The predicted octanol–water partition coefficient (Wildman–Crippen LogP) is 1.01. The zero-order chi connectivity index (χ0) is 7.78. The fourth-order valence-electron chi connectivity index (χ4n) is 1.21. The number of carboxylic acids is 1. The SMILES string of the molecule is CCC(N)(C(=O)O)C1CC1.Cl. The molecule has 4 heteroatoms. The maximum Gasteiger partial charge on any atom is 0.323 e. The van der Waals surface area contributed by atoms with Crippen molar-refractivity contribution in [2.75, 3.05) is 0 Å². The molecule has 0 aromatic heterocycles. The van der Waals surface area contributed by atoms with Crippen molar-refractivity contribution < 1.29 is 9.90 Å². The summed E-state index contributed by atoms with van der Waals surface area (Å²) in [5.74, 6) is -0.618. The summed E-state index contributed by atoms with van der Waals surface area (Å²) in [7, 11) is 0. The summed E-state index contributed by atoms with van der Waals surface area (Å²) in [6.07, 6.45) is 2.50. The van der Waals surface area contributed by atoms with Gasteiger partial charge < -0.3 is 10.8 Å². The lowest BCUT2D eigenvalue weighted by atomic mass is 9.92. The summed E-state index contributed by atoms with van der Waals surface area (Å²) in [5, 5.41) is 8.72. The minimum absolute atomic E-state index is 0. The van der Waals surface area contributed by atoms with Gasteiger partial charge in [0, 0.05) is 0 Å². The van der Waals surface area contributed by atoms with E-state index in [9.17, 15) is 4.79 Å². The number of rotatable bonds is 3. The summed E-state index contributed by atoms with van der Waals surface area (Å²) in [4.78, 5) is 10.6. The Balaban J connectivity index is 0.000001000. The number of halogens is 1. The van der Waals surface area contributed by atoms with E-state index in [2.05, 4.69) is 0 Å². The van der Waals surface area contributed by atoms with Gasteiger partial charge in [0.1, 0.15) is 5.54 Å². The molecule has 1 rings (SSSR count). The first kappa shape index (κ1) is 10.7. The average molecular weight is 180 g/mol. The fourth-order valence-corrected chi connectivity index (χ4v) is 1.21. The van der Waals surface area contributed by atoms with Gasteiger partial charge in [-0.3, -0.25) is 4.79 Å². The van der Waals surface area contributed by atoms with E-state index in [1.807, 2.05) is 6.92 Å². The van der Waals surface area contributed by atoms with E-state index in [-0.39, 0.29) is 18.3 Å². The summed E-state index contributed by atoms with van der Waals surface area (Å²) >= 11 is 0. The summed E-state index contributed by atoms with van der Waals surface area (Å²) < 4.78 is 0. The van der Waals surface area contributed by atoms with Crippen molar-refractivity contribution in [1.29, 1.82) is 0 Å². The van der Waals surface area contributed by atoms with Crippen molar-refractivity contribution in [2.24, 2.45) is 11.7 Å². The van der Waals surface area contributed by atoms with E-state index in [0.29, 0.717) is 6.42 Å². The highest BCUT2D eigenvalue weighted by Gasteiger charge is 2.46. The standard InChI is InChI=1S/C7H13NO2.ClH/c1-2-7(8,6(9)10)5-3-4-5;/h5H,2-4,8H2,1H3,(H,9,10);1H. The Labute approximate surface area is 72.4 Å². The van der Waals surface area contributed by atoms with E-state index in [0.717, 1.165) is 12.8 Å². The van der Waals surface area contributed by atoms with Gasteiger partial charge in [0.25, 0.3) is 0 Å². The molecule has 0 amide bonds. The normalized spacial score (nSPS) is 21.6. The molecule has 0 saturated heterocycles. The highest BCUT2D eigenvalue weighted by molar-refractivity contribution is 5.85. The maximum atomic E-state index is 10.6. The Morgan fingerprint density at radius 2 is 2.18 bits per heavy atom. The van der Waals surface area contributed by atoms with Crippen LogP contribution in [0.3, 0.4) is 0 Å². The molecule has 1 saturated carbocycles. The lowest BCUT2D eigenvalue weighted by Crippen LogP contribution is -2.49. The lowest BCUT2D eigenvalue weighted by molar-refractivity contribution is -0.144. The van der Waals surface area contributed by atoms with Crippen molar-refractivity contribution in [2.45, 2.75) is 31.7 Å². The minimum Gasteiger partial charge on any atom is -0.480 e. The number of carbonyl (C=O) groups is 1. The van der Waals surface area contributed by atoms with Crippen molar-refractivity contribution in [1.82, 2.24) is 0 Å². The smallest absolute Gasteiger partial charge is 0.323 e. The van der Waals surface area contributed by atoms with Crippen LogP contribution in [0.4, 0.5) is 0 Å².